The first-order valence-corrected chi connectivity index (χ1v) is 7.46. The van der Waals surface area contributed by atoms with Crippen LogP contribution in [-0.4, -0.2) is 16.1 Å². The molecule has 0 aromatic carbocycles. The van der Waals surface area contributed by atoms with Crippen molar-refractivity contribution in [3.05, 3.63) is 0 Å². The van der Waals surface area contributed by atoms with E-state index in [2.05, 4.69) is 3.53 Å². The van der Waals surface area contributed by atoms with E-state index in [1.165, 1.54) is 19.3 Å². The van der Waals surface area contributed by atoms with E-state index in [-0.39, 0.29) is 11.4 Å². The Morgan fingerprint density at radius 1 is 1.43 bits per heavy atom. The molecular weight excluding hydrogens is 293 g/mol. The molecular formula is C10H13INO2-. The van der Waals surface area contributed by atoms with Crippen LogP contribution in [0.2, 0.25) is 0 Å². The van der Waals surface area contributed by atoms with Gasteiger partial charge in [-0.3, -0.25) is 0 Å². The van der Waals surface area contributed by atoms with Crippen LogP contribution in [0.15, 0.2) is 0 Å². The molecule has 0 aromatic rings. The van der Waals surface area contributed by atoms with Crippen molar-refractivity contribution in [2.75, 3.05) is 6.61 Å². The van der Waals surface area contributed by atoms with Crippen molar-refractivity contribution in [1.82, 2.24) is 3.53 Å². The van der Waals surface area contributed by atoms with Crippen molar-refractivity contribution in [3.8, 4) is 0 Å². The summed E-state index contributed by atoms with van der Waals surface area (Å²) in [5.41, 5.74) is 0.279. The van der Waals surface area contributed by atoms with Gasteiger partial charge in [-0.2, -0.15) is 0 Å². The average Bonchev–Trinajstić information content (AvgIpc) is 2.51. The average molecular weight is 306 g/mol. The van der Waals surface area contributed by atoms with Gasteiger partial charge in [0.1, 0.15) is 0 Å². The number of hydrogen-bond donors (Lipinski definition) is 1. The fraction of sp³-hybridized carbons (Fsp3) is 0.900. The first-order valence-electron chi connectivity index (χ1n) is 5.30. The molecule has 2 saturated carbocycles. The Bertz CT molecular complexity index is 328. The van der Waals surface area contributed by atoms with Crippen LogP contribution in [0.4, 0.5) is 0 Å². The molecule has 1 N–H and O–H groups in total. The topological polar surface area (TPSA) is 48.2 Å². The molecule has 0 radical (unpaired) electrons. The van der Waals surface area contributed by atoms with Crippen LogP contribution in [0.5, 0.6) is 0 Å². The van der Waals surface area contributed by atoms with Crippen molar-refractivity contribution in [2.24, 2.45) is 17.3 Å². The number of fused-ring (bicyclic) bond motifs is 4. The van der Waals surface area contributed by atoms with Gasteiger partial charge in [-0.15, -0.1) is 0 Å². The molecule has 4 heteroatoms. The van der Waals surface area contributed by atoms with E-state index in [1.807, 2.05) is 0 Å². The SMILES string of the molecule is O=C1CC2(CO1)CC1CC2CC12N[I-]2. The Morgan fingerprint density at radius 2 is 2.29 bits per heavy atom. The van der Waals surface area contributed by atoms with Gasteiger partial charge in [-0.25, -0.2) is 0 Å². The standard InChI is InChI=1S/C10H13INO2/c13-8-4-9(5-14-8)2-7-1-6(9)3-10(7)11-12-10/h6-7,12H,1-5H2/q-1. The number of ether oxygens (including phenoxy) is 1. The van der Waals surface area contributed by atoms with Crippen LogP contribution in [-0.2, 0) is 9.53 Å². The van der Waals surface area contributed by atoms with Gasteiger partial charge < -0.3 is 0 Å². The first-order chi connectivity index (χ1) is 6.73. The maximum absolute atomic E-state index is 11.2. The molecule has 4 fully saturated rings. The summed E-state index contributed by atoms with van der Waals surface area (Å²) in [6.45, 7) is 0.724. The number of esters is 1. The second-order valence-electron chi connectivity index (χ2n) is 5.29. The summed E-state index contributed by atoms with van der Waals surface area (Å²) in [6, 6.07) is 0. The molecule has 2 spiro atoms. The predicted octanol–water partition coefficient (Wildman–Crippen LogP) is -2.35. The molecule has 78 valence electrons. The van der Waals surface area contributed by atoms with Crippen LogP contribution < -0.4 is 25.0 Å². The zero-order chi connectivity index (χ0) is 9.39. The van der Waals surface area contributed by atoms with Crippen LogP contribution >= 0.6 is 0 Å². The maximum atomic E-state index is 11.2. The molecule has 4 rings (SSSR count). The summed E-state index contributed by atoms with van der Waals surface area (Å²) in [5.74, 6) is 1.72. The van der Waals surface area contributed by atoms with Crippen molar-refractivity contribution in [1.29, 1.82) is 0 Å². The zero-order valence-electron chi connectivity index (χ0n) is 7.88. The minimum absolute atomic E-state index is 0.0463. The Morgan fingerprint density at radius 3 is 2.79 bits per heavy atom. The van der Waals surface area contributed by atoms with E-state index in [9.17, 15) is 4.79 Å². The Hall–Kier alpha value is 0.160. The van der Waals surface area contributed by atoms with Crippen molar-refractivity contribution in [2.45, 2.75) is 29.2 Å². The summed E-state index contributed by atoms with van der Waals surface area (Å²) >= 11 is 0.314. The summed E-state index contributed by atoms with van der Waals surface area (Å²) in [5, 5.41) is 0. The Balaban J connectivity index is 1.66. The number of carbonyl (C=O) groups is 1. The molecule has 3 nitrogen and oxygen atoms in total. The van der Waals surface area contributed by atoms with Gasteiger partial charge >= 0.3 is 93.6 Å². The molecule has 2 saturated heterocycles. The van der Waals surface area contributed by atoms with Crippen molar-refractivity contribution < 1.29 is 31.0 Å². The molecule has 4 unspecified atom stereocenters. The summed E-state index contributed by atoms with van der Waals surface area (Å²) < 4.78 is 9.45. The van der Waals surface area contributed by atoms with Crippen LogP contribution in [0, 0.1) is 17.3 Å². The van der Waals surface area contributed by atoms with E-state index in [4.69, 9.17) is 4.74 Å². The predicted molar refractivity (Wildman–Crippen MR) is 44.7 cm³/mol. The van der Waals surface area contributed by atoms with E-state index in [0.29, 0.717) is 31.4 Å². The quantitative estimate of drug-likeness (QED) is 0.136. The van der Waals surface area contributed by atoms with Crippen molar-refractivity contribution >= 4 is 5.97 Å². The van der Waals surface area contributed by atoms with Gasteiger partial charge in [0, 0.05) is 0 Å². The van der Waals surface area contributed by atoms with Gasteiger partial charge in [0.25, 0.3) is 0 Å². The van der Waals surface area contributed by atoms with Gasteiger partial charge in [-0.05, 0) is 0 Å². The van der Waals surface area contributed by atoms with E-state index >= 15 is 0 Å². The third-order valence-electron chi connectivity index (χ3n) is 4.63. The van der Waals surface area contributed by atoms with Crippen LogP contribution in [0.1, 0.15) is 25.7 Å². The fourth-order valence-electron chi connectivity index (χ4n) is 3.81. The Labute approximate surface area is 93.6 Å². The molecule has 0 aromatic heterocycles. The van der Waals surface area contributed by atoms with Gasteiger partial charge in [0.05, 0.1) is 0 Å². The van der Waals surface area contributed by atoms with Crippen LogP contribution in [0.3, 0.4) is 0 Å². The van der Waals surface area contributed by atoms with E-state index < -0.39 is 0 Å². The zero-order valence-corrected chi connectivity index (χ0v) is 10.0. The molecule has 2 heterocycles. The van der Waals surface area contributed by atoms with Gasteiger partial charge in [-0.1, -0.05) is 0 Å². The van der Waals surface area contributed by atoms with E-state index in [0.717, 1.165) is 18.4 Å². The molecule has 2 aliphatic carbocycles. The van der Waals surface area contributed by atoms with E-state index in [1.54, 1.807) is 0 Å². The van der Waals surface area contributed by atoms with Gasteiger partial charge in [0.15, 0.2) is 0 Å². The number of cyclic esters (lactones) is 1. The van der Waals surface area contributed by atoms with Crippen LogP contribution in [0.25, 0.3) is 0 Å². The number of rotatable bonds is 0. The summed E-state index contributed by atoms with van der Waals surface area (Å²) in [7, 11) is 0. The molecule has 2 bridgehead atoms. The molecule has 4 atom stereocenters. The normalized spacial score (nSPS) is 59.3. The summed E-state index contributed by atoms with van der Waals surface area (Å²) in [6.07, 6.45) is 4.68. The molecule has 14 heavy (non-hydrogen) atoms. The number of hydrogen-bond acceptors (Lipinski definition) is 3. The second kappa shape index (κ2) is 2.29. The number of nitrogens with one attached hydrogen (secondary N) is 1. The third-order valence-corrected chi connectivity index (χ3v) is 7.88. The first kappa shape index (κ1) is 8.33. The summed E-state index contributed by atoms with van der Waals surface area (Å²) in [4.78, 5) is 11.2. The molecule has 2 aliphatic heterocycles. The fourth-order valence-corrected chi connectivity index (χ4v) is 6.48. The number of alkyl halides is 1. The van der Waals surface area contributed by atoms with Gasteiger partial charge in [0.2, 0.25) is 0 Å². The molecule has 4 aliphatic rings. The Kier molecular flexibility index (Phi) is 1.36. The third kappa shape index (κ3) is 0.852. The second-order valence-corrected chi connectivity index (χ2v) is 8.29. The number of halogens is 1. The molecule has 0 amide bonds. The van der Waals surface area contributed by atoms with Crippen molar-refractivity contribution in [3.63, 3.8) is 0 Å². The minimum atomic E-state index is 0.0463. The number of carbonyl (C=O) groups excluding carboxylic acids is 1. The monoisotopic (exact) mass is 306 g/mol.